The number of aldehydes is 1. The summed E-state index contributed by atoms with van der Waals surface area (Å²) < 4.78 is 5.78. The van der Waals surface area contributed by atoms with Gasteiger partial charge in [-0.25, -0.2) is 0 Å². The lowest BCUT2D eigenvalue weighted by atomic mass is 9.84. The Bertz CT molecular complexity index is 2100. The zero-order valence-corrected chi connectivity index (χ0v) is 38.3. The van der Waals surface area contributed by atoms with E-state index in [1.54, 1.807) is 0 Å². The molecule has 7 nitrogen and oxygen atoms in total. The Morgan fingerprint density at radius 2 is 1.47 bits per heavy atom. The van der Waals surface area contributed by atoms with Gasteiger partial charge in [0.05, 0.1) is 0 Å². The predicted molar refractivity (Wildman–Crippen MR) is 248 cm³/mol. The molecule has 0 amide bonds. The van der Waals surface area contributed by atoms with E-state index in [0.29, 0.717) is 31.4 Å². The molecular formula is C52H76N4O3. The van der Waals surface area contributed by atoms with E-state index < -0.39 is 0 Å². The van der Waals surface area contributed by atoms with Gasteiger partial charge in [-0.3, -0.25) is 9.59 Å². The van der Waals surface area contributed by atoms with Crippen molar-refractivity contribution in [3.8, 4) is 0 Å². The van der Waals surface area contributed by atoms with Gasteiger partial charge in [-0.15, -0.1) is 0 Å². The average Bonchev–Trinajstić information content (AvgIpc) is 3.85. The van der Waals surface area contributed by atoms with Gasteiger partial charge in [0.1, 0.15) is 6.61 Å². The van der Waals surface area contributed by atoms with Crippen LogP contribution in [-0.2, 0) is 22.4 Å². The highest BCUT2D eigenvalue weighted by Crippen LogP contribution is 2.37. The quantitative estimate of drug-likeness (QED) is 0.0519. The summed E-state index contributed by atoms with van der Waals surface area (Å²) in [4.78, 5) is 36.8. The SMILES string of the molecule is C=Cc1c2[nH]c(c1C)/C=C1\NC(Cc3[nH]c(c(C)c3C=O)/C=c3\[nH]/c(c(C)c3CC)=C\2)[C@@H](CCC(=O)OC/C=C(\C)CCC[C@H](C)CCC[C@H](C)CCCC(C)C)[C@@H]1C. The largest absolute Gasteiger partial charge is 0.461 e. The van der Waals surface area contributed by atoms with E-state index in [0.717, 1.165) is 92.7 Å². The van der Waals surface area contributed by atoms with Crippen molar-refractivity contribution in [2.45, 2.75) is 159 Å². The molecule has 3 aromatic heterocycles. The first-order valence-corrected chi connectivity index (χ1v) is 23.0. The molecule has 3 aromatic rings. The van der Waals surface area contributed by atoms with Gasteiger partial charge in [-0.1, -0.05) is 105 Å². The molecule has 59 heavy (non-hydrogen) atoms. The minimum atomic E-state index is -0.160. The smallest absolute Gasteiger partial charge is 0.306 e. The number of aromatic nitrogens is 3. The summed E-state index contributed by atoms with van der Waals surface area (Å²) in [7, 11) is 0. The highest BCUT2D eigenvalue weighted by atomic mass is 16.5. The first-order chi connectivity index (χ1) is 28.2. The van der Waals surface area contributed by atoms with Gasteiger partial charge in [0.15, 0.2) is 6.29 Å². The molecule has 2 aliphatic rings. The molecule has 5 heterocycles. The summed E-state index contributed by atoms with van der Waals surface area (Å²) in [5.74, 6) is 2.58. The summed E-state index contributed by atoms with van der Waals surface area (Å²) in [5.41, 5.74) is 12.7. The van der Waals surface area contributed by atoms with Crippen molar-refractivity contribution in [3.05, 3.63) is 90.8 Å². The Hall–Kier alpha value is -4.26. The Balaban J connectivity index is 1.23. The monoisotopic (exact) mass is 805 g/mol. The number of aromatic amines is 3. The van der Waals surface area contributed by atoms with Crippen molar-refractivity contribution >= 4 is 36.6 Å². The van der Waals surface area contributed by atoms with Crippen molar-refractivity contribution < 1.29 is 14.3 Å². The molecule has 1 saturated heterocycles. The molecule has 4 N–H and O–H groups in total. The molecule has 1 fully saturated rings. The fourth-order valence-corrected chi connectivity index (χ4v) is 9.70. The first-order valence-electron chi connectivity index (χ1n) is 23.0. The van der Waals surface area contributed by atoms with Crippen LogP contribution in [0, 0.1) is 50.4 Å². The molecule has 0 spiro atoms. The molecule has 5 rings (SSSR count). The number of esters is 1. The van der Waals surface area contributed by atoms with Crippen LogP contribution in [0.4, 0.5) is 0 Å². The van der Waals surface area contributed by atoms with Crippen LogP contribution in [0.5, 0.6) is 0 Å². The molecule has 7 heteroatoms. The Morgan fingerprint density at radius 3 is 2.14 bits per heavy atom. The molecule has 0 radical (unpaired) electrons. The second-order valence-electron chi connectivity index (χ2n) is 18.7. The maximum Gasteiger partial charge on any atom is 0.306 e. The number of ether oxygens (including phenoxy) is 1. The molecule has 0 aromatic carbocycles. The van der Waals surface area contributed by atoms with E-state index in [1.807, 2.05) is 13.0 Å². The zero-order chi connectivity index (χ0) is 42.8. The van der Waals surface area contributed by atoms with Crippen LogP contribution in [-0.4, -0.2) is 39.9 Å². The number of carbonyl (C=O) groups excluding carboxylic acids is 2. The zero-order valence-electron chi connectivity index (χ0n) is 38.3. The van der Waals surface area contributed by atoms with Gasteiger partial charge in [0, 0.05) is 75.1 Å². The van der Waals surface area contributed by atoms with Crippen molar-refractivity contribution in [2.24, 2.45) is 29.6 Å². The molecule has 8 bridgehead atoms. The lowest BCUT2D eigenvalue weighted by molar-refractivity contribution is -0.142. The van der Waals surface area contributed by atoms with Crippen LogP contribution in [0.1, 0.15) is 180 Å². The molecule has 2 aliphatic heterocycles. The lowest BCUT2D eigenvalue weighted by Crippen LogP contribution is -2.30. The summed E-state index contributed by atoms with van der Waals surface area (Å²) in [6, 6.07) is 0.0231. The fraction of sp³-hybridized carbons (Fsp3) is 0.577. The van der Waals surface area contributed by atoms with Gasteiger partial charge in [-0.05, 0) is 124 Å². The molecule has 5 atom stereocenters. The number of rotatable bonds is 20. The van der Waals surface area contributed by atoms with Crippen LogP contribution in [0.2, 0.25) is 0 Å². The van der Waals surface area contributed by atoms with Crippen molar-refractivity contribution in [1.29, 1.82) is 0 Å². The third kappa shape index (κ3) is 11.7. The van der Waals surface area contributed by atoms with E-state index in [2.05, 4.69) is 113 Å². The van der Waals surface area contributed by atoms with Crippen LogP contribution in [0.25, 0.3) is 24.3 Å². The maximum atomic E-state index is 13.2. The van der Waals surface area contributed by atoms with Gasteiger partial charge >= 0.3 is 5.97 Å². The molecule has 0 aliphatic carbocycles. The van der Waals surface area contributed by atoms with Crippen molar-refractivity contribution in [3.63, 3.8) is 0 Å². The van der Waals surface area contributed by atoms with Gasteiger partial charge in [0.25, 0.3) is 0 Å². The highest BCUT2D eigenvalue weighted by Gasteiger charge is 2.38. The fourth-order valence-electron chi connectivity index (χ4n) is 9.70. The highest BCUT2D eigenvalue weighted by molar-refractivity contribution is 5.82. The summed E-state index contributed by atoms with van der Waals surface area (Å²) in [5, 5.41) is 5.96. The number of nitrogens with one attached hydrogen (secondary N) is 4. The second kappa shape index (κ2) is 21.3. The van der Waals surface area contributed by atoms with Crippen LogP contribution in [0.15, 0.2) is 23.9 Å². The molecule has 322 valence electrons. The van der Waals surface area contributed by atoms with E-state index in [-0.39, 0.29) is 23.8 Å². The van der Waals surface area contributed by atoms with E-state index in [4.69, 9.17) is 4.74 Å². The third-order valence-electron chi connectivity index (χ3n) is 13.7. The van der Waals surface area contributed by atoms with Gasteiger partial charge in [-0.2, -0.15) is 0 Å². The van der Waals surface area contributed by atoms with Gasteiger partial charge in [0.2, 0.25) is 0 Å². The minimum Gasteiger partial charge on any atom is -0.461 e. The standard InChI is InChI=1S/C52H76N4O3/c1-12-40-36(8)44-27-45-38(10)42(23-24-52(58)59-26-25-35(7)22-16-21-34(6)20-15-19-33(5)18-14-17-32(3)4)50(55-45)30-51-43(31-57)39(11)47(56-51)29-49-41(13-2)37(9)46(54-49)28-48(40)53-44/h12,25,27-29,31-34,38,42,50,53-56H,1,13-24,26,30H2,2-11H3/b35-25+,45-27-,46-28-,49-29-/t33-,34-,38+,42+,50?/m1/s1. The summed E-state index contributed by atoms with van der Waals surface area (Å²) in [6.07, 6.45) is 25.7. The first kappa shape index (κ1) is 45.8. The molecular weight excluding hydrogens is 729 g/mol. The second-order valence-corrected chi connectivity index (χ2v) is 18.7. The normalized spacial score (nSPS) is 20.8. The van der Waals surface area contributed by atoms with E-state index in [1.165, 1.54) is 68.1 Å². The van der Waals surface area contributed by atoms with E-state index in [9.17, 15) is 9.59 Å². The topological polar surface area (TPSA) is 103 Å². The Morgan fingerprint density at radius 1 is 0.831 bits per heavy atom. The Labute approximate surface area is 355 Å². The number of hydrogen-bond acceptors (Lipinski definition) is 4. The van der Waals surface area contributed by atoms with Crippen LogP contribution >= 0.6 is 0 Å². The van der Waals surface area contributed by atoms with E-state index >= 15 is 0 Å². The summed E-state index contributed by atoms with van der Waals surface area (Å²) >= 11 is 0. The Kier molecular flexibility index (Phi) is 16.6. The lowest BCUT2D eigenvalue weighted by Gasteiger charge is -2.21. The third-order valence-corrected chi connectivity index (χ3v) is 13.7. The predicted octanol–water partition coefficient (Wildman–Crippen LogP) is 11.1. The molecule has 1 unspecified atom stereocenters. The molecule has 0 saturated carbocycles. The number of hydrogen-bond donors (Lipinski definition) is 4. The number of allylic oxidation sites excluding steroid dienone is 2. The van der Waals surface area contributed by atoms with Gasteiger partial charge < -0.3 is 25.0 Å². The van der Waals surface area contributed by atoms with Crippen LogP contribution < -0.4 is 16.0 Å². The number of fused-ring (bicyclic) bond motifs is 8. The number of carbonyl (C=O) groups is 2. The van der Waals surface area contributed by atoms with Crippen molar-refractivity contribution in [2.75, 3.05) is 6.61 Å². The maximum absolute atomic E-state index is 13.2. The van der Waals surface area contributed by atoms with Crippen LogP contribution in [0.3, 0.4) is 0 Å². The minimum absolute atomic E-state index is 0.0231. The summed E-state index contributed by atoms with van der Waals surface area (Å²) in [6.45, 7) is 26.9. The number of H-pyrrole nitrogens is 3. The average molecular weight is 805 g/mol. The van der Waals surface area contributed by atoms with Crippen molar-refractivity contribution in [1.82, 2.24) is 20.3 Å².